The normalized spacial score (nSPS) is 28.4. The van der Waals surface area contributed by atoms with Crippen molar-refractivity contribution in [1.82, 2.24) is 5.32 Å². The Hall–Kier alpha value is -0.840. The summed E-state index contributed by atoms with van der Waals surface area (Å²) < 4.78 is 10.6. The molecule has 1 aliphatic rings. The molecule has 4 heteroatoms. The third-order valence-corrected chi connectivity index (χ3v) is 4.18. The van der Waals surface area contributed by atoms with Crippen molar-refractivity contribution in [2.45, 2.75) is 51.9 Å². The van der Waals surface area contributed by atoms with Crippen molar-refractivity contribution >= 4 is 0 Å². The molecule has 1 aromatic heterocycles. The van der Waals surface area contributed by atoms with Crippen molar-refractivity contribution in [2.75, 3.05) is 13.2 Å². The van der Waals surface area contributed by atoms with Gasteiger partial charge in [-0.3, -0.25) is 0 Å². The van der Waals surface area contributed by atoms with Crippen molar-refractivity contribution in [3.63, 3.8) is 0 Å². The summed E-state index contributed by atoms with van der Waals surface area (Å²) in [5.41, 5.74) is 0. The maximum Gasteiger partial charge on any atom is 0.129 e. The van der Waals surface area contributed by atoms with Crippen LogP contribution in [-0.2, 0) is 11.3 Å². The highest BCUT2D eigenvalue weighted by Crippen LogP contribution is 2.28. The van der Waals surface area contributed by atoms with Gasteiger partial charge >= 0.3 is 0 Å². The SMILES string of the molecule is CC1CCC(NCC(O)COCc2ccco2)C(C)C1. The van der Waals surface area contributed by atoms with Crippen LogP contribution in [-0.4, -0.2) is 30.4 Å². The van der Waals surface area contributed by atoms with Crippen LogP contribution < -0.4 is 5.32 Å². The summed E-state index contributed by atoms with van der Waals surface area (Å²) >= 11 is 0. The van der Waals surface area contributed by atoms with Crippen LogP contribution in [0.2, 0.25) is 0 Å². The van der Waals surface area contributed by atoms with Crippen LogP contribution >= 0.6 is 0 Å². The monoisotopic (exact) mass is 281 g/mol. The highest BCUT2D eigenvalue weighted by atomic mass is 16.5. The second-order valence-corrected chi connectivity index (χ2v) is 6.16. The Labute approximate surface area is 121 Å². The van der Waals surface area contributed by atoms with E-state index in [-0.39, 0.29) is 0 Å². The van der Waals surface area contributed by atoms with E-state index in [0.29, 0.717) is 31.7 Å². The Bertz CT molecular complexity index is 366. The maximum atomic E-state index is 9.93. The van der Waals surface area contributed by atoms with Crippen molar-refractivity contribution in [3.05, 3.63) is 24.2 Å². The second kappa shape index (κ2) is 7.81. The molecule has 4 nitrogen and oxygen atoms in total. The molecule has 0 aliphatic heterocycles. The molecule has 4 atom stereocenters. The molecule has 1 aliphatic carbocycles. The minimum absolute atomic E-state index is 0.338. The number of nitrogens with one attached hydrogen (secondary N) is 1. The third kappa shape index (κ3) is 4.93. The largest absolute Gasteiger partial charge is 0.467 e. The Morgan fingerprint density at radius 1 is 1.45 bits per heavy atom. The van der Waals surface area contributed by atoms with Gasteiger partial charge in [0.1, 0.15) is 12.4 Å². The maximum absolute atomic E-state index is 9.93. The lowest BCUT2D eigenvalue weighted by atomic mass is 9.80. The number of hydrogen-bond donors (Lipinski definition) is 2. The van der Waals surface area contributed by atoms with Crippen LogP contribution in [0.4, 0.5) is 0 Å². The van der Waals surface area contributed by atoms with Crippen molar-refractivity contribution < 1.29 is 14.3 Å². The van der Waals surface area contributed by atoms with E-state index < -0.39 is 6.10 Å². The first-order valence-corrected chi connectivity index (χ1v) is 7.66. The Kier molecular flexibility index (Phi) is 6.07. The fourth-order valence-corrected chi connectivity index (χ4v) is 3.01. The van der Waals surface area contributed by atoms with Crippen molar-refractivity contribution in [3.8, 4) is 0 Å². The van der Waals surface area contributed by atoms with E-state index in [1.165, 1.54) is 19.3 Å². The van der Waals surface area contributed by atoms with Gasteiger partial charge in [0.15, 0.2) is 0 Å². The van der Waals surface area contributed by atoms with E-state index in [2.05, 4.69) is 19.2 Å². The minimum atomic E-state index is -0.462. The molecular formula is C16H27NO3. The van der Waals surface area contributed by atoms with Gasteiger partial charge in [0.05, 0.1) is 19.0 Å². The molecule has 0 amide bonds. The standard InChI is InChI=1S/C16H27NO3/c1-12-5-6-16(13(2)8-12)17-9-14(18)10-19-11-15-4-3-7-20-15/h3-4,7,12-14,16-18H,5-6,8-11H2,1-2H3. The smallest absolute Gasteiger partial charge is 0.129 e. The van der Waals surface area contributed by atoms with Crippen LogP contribution in [0.5, 0.6) is 0 Å². The molecule has 0 spiro atoms. The fraction of sp³-hybridized carbons (Fsp3) is 0.750. The lowest BCUT2D eigenvalue weighted by Gasteiger charge is -2.33. The number of ether oxygens (including phenoxy) is 1. The molecule has 2 rings (SSSR count). The molecule has 1 fully saturated rings. The first-order chi connectivity index (χ1) is 9.65. The van der Waals surface area contributed by atoms with Crippen LogP contribution in [0.3, 0.4) is 0 Å². The molecule has 4 unspecified atom stereocenters. The molecule has 0 saturated heterocycles. The molecule has 0 radical (unpaired) electrons. The van der Waals surface area contributed by atoms with Crippen LogP contribution in [0, 0.1) is 11.8 Å². The summed E-state index contributed by atoms with van der Waals surface area (Å²) in [6, 6.07) is 4.24. The van der Waals surface area contributed by atoms with Gasteiger partial charge in [-0.15, -0.1) is 0 Å². The second-order valence-electron chi connectivity index (χ2n) is 6.16. The minimum Gasteiger partial charge on any atom is -0.467 e. The zero-order chi connectivity index (χ0) is 14.4. The number of furan rings is 1. The Balaban J connectivity index is 1.58. The number of aliphatic hydroxyl groups excluding tert-OH is 1. The Morgan fingerprint density at radius 3 is 3.00 bits per heavy atom. The third-order valence-electron chi connectivity index (χ3n) is 4.18. The van der Waals surface area contributed by atoms with Gasteiger partial charge in [0, 0.05) is 12.6 Å². The average Bonchev–Trinajstić information content (AvgIpc) is 2.91. The van der Waals surface area contributed by atoms with Crippen LogP contribution in [0.15, 0.2) is 22.8 Å². The topological polar surface area (TPSA) is 54.6 Å². The summed E-state index contributed by atoms with van der Waals surface area (Å²) in [6.45, 7) is 5.98. The van der Waals surface area contributed by atoms with Gasteiger partial charge in [-0.2, -0.15) is 0 Å². The van der Waals surface area contributed by atoms with Crippen LogP contribution in [0.25, 0.3) is 0 Å². The molecule has 2 N–H and O–H groups in total. The highest BCUT2D eigenvalue weighted by Gasteiger charge is 2.25. The average molecular weight is 281 g/mol. The lowest BCUT2D eigenvalue weighted by Crippen LogP contribution is -2.43. The van der Waals surface area contributed by atoms with E-state index in [0.717, 1.165) is 11.7 Å². The molecule has 1 heterocycles. The quantitative estimate of drug-likeness (QED) is 0.806. The van der Waals surface area contributed by atoms with Gasteiger partial charge in [-0.25, -0.2) is 0 Å². The molecule has 0 bridgehead atoms. The summed E-state index contributed by atoms with van der Waals surface area (Å²) in [5, 5.41) is 13.4. The predicted octanol–water partition coefficient (Wildman–Crippen LogP) is 2.57. The van der Waals surface area contributed by atoms with Crippen molar-refractivity contribution in [2.24, 2.45) is 11.8 Å². The molecule has 1 saturated carbocycles. The van der Waals surface area contributed by atoms with Gasteiger partial charge in [-0.05, 0) is 43.2 Å². The molecule has 20 heavy (non-hydrogen) atoms. The molecule has 0 aromatic carbocycles. The van der Waals surface area contributed by atoms with E-state index in [1.54, 1.807) is 6.26 Å². The molecule has 114 valence electrons. The van der Waals surface area contributed by atoms with Gasteiger partial charge in [0.2, 0.25) is 0 Å². The van der Waals surface area contributed by atoms with Gasteiger partial charge < -0.3 is 19.6 Å². The zero-order valence-electron chi connectivity index (χ0n) is 12.5. The van der Waals surface area contributed by atoms with Gasteiger partial charge in [-0.1, -0.05) is 13.8 Å². The lowest BCUT2D eigenvalue weighted by molar-refractivity contribution is 0.0197. The van der Waals surface area contributed by atoms with Crippen molar-refractivity contribution in [1.29, 1.82) is 0 Å². The summed E-state index contributed by atoms with van der Waals surface area (Å²) in [7, 11) is 0. The summed E-state index contributed by atoms with van der Waals surface area (Å²) in [5.74, 6) is 2.32. The van der Waals surface area contributed by atoms with E-state index >= 15 is 0 Å². The fourth-order valence-electron chi connectivity index (χ4n) is 3.01. The predicted molar refractivity (Wildman–Crippen MR) is 78.3 cm³/mol. The highest BCUT2D eigenvalue weighted by molar-refractivity contribution is 4.96. The summed E-state index contributed by atoms with van der Waals surface area (Å²) in [4.78, 5) is 0. The number of aliphatic hydroxyl groups is 1. The number of rotatable bonds is 7. The molecular weight excluding hydrogens is 254 g/mol. The first-order valence-electron chi connectivity index (χ1n) is 7.66. The van der Waals surface area contributed by atoms with Gasteiger partial charge in [0.25, 0.3) is 0 Å². The molecule has 1 aromatic rings. The number of hydrogen-bond acceptors (Lipinski definition) is 4. The zero-order valence-corrected chi connectivity index (χ0v) is 12.5. The van der Waals surface area contributed by atoms with E-state index in [1.807, 2.05) is 12.1 Å². The first kappa shape index (κ1) is 15.5. The Morgan fingerprint density at radius 2 is 2.30 bits per heavy atom. The van der Waals surface area contributed by atoms with Crippen LogP contribution in [0.1, 0.15) is 38.9 Å². The van der Waals surface area contributed by atoms with E-state index in [9.17, 15) is 5.11 Å². The summed E-state index contributed by atoms with van der Waals surface area (Å²) in [6.07, 6.45) is 4.94. The van der Waals surface area contributed by atoms with E-state index in [4.69, 9.17) is 9.15 Å².